The fourth-order valence-corrected chi connectivity index (χ4v) is 2.77. The molecule has 0 aromatic heterocycles. The van der Waals surface area contributed by atoms with E-state index in [1.807, 2.05) is 0 Å². The standard InChI is InChI=1S/C18H18BrFO3/c1-11-8-14(20)9-12(2)18(11)23-17-6-5-13(10-15(17)19)16(22)4-3-7-21/h5-6,8-10,21H,3-4,7H2,1-2H3. The average Bonchev–Trinajstić information content (AvgIpc) is 2.49. The molecule has 2 aromatic carbocycles. The van der Waals surface area contributed by atoms with Crippen molar-refractivity contribution in [3.63, 3.8) is 0 Å². The number of aliphatic hydroxyl groups is 1. The van der Waals surface area contributed by atoms with Gasteiger partial charge in [0.2, 0.25) is 0 Å². The first kappa shape index (κ1) is 17.6. The number of carbonyl (C=O) groups excluding carboxylic acids is 1. The Morgan fingerprint density at radius 1 is 1.22 bits per heavy atom. The first-order valence-corrected chi connectivity index (χ1v) is 8.10. The van der Waals surface area contributed by atoms with Gasteiger partial charge in [-0.05, 0) is 77.7 Å². The second-order valence-corrected chi connectivity index (χ2v) is 6.22. The van der Waals surface area contributed by atoms with Crippen LogP contribution in [0.25, 0.3) is 0 Å². The summed E-state index contributed by atoms with van der Waals surface area (Å²) in [6.07, 6.45) is 0.752. The molecule has 0 aliphatic carbocycles. The van der Waals surface area contributed by atoms with Crippen molar-refractivity contribution in [1.82, 2.24) is 0 Å². The van der Waals surface area contributed by atoms with E-state index in [4.69, 9.17) is 9.84 Å². The van der Waals surface area contributed by atoms with Crippen molar-refractivity contribution in [2.75, 3.05) is 6.61 Å². The number of rotatable bonds is 6. The van der Waals surface area contributed by atoms with Crippen molar-refractivity contribution in [1.29, 1.82) is 0 Å². The van der Waals surface area contributed by atoms with Crippen LogP contribution in [-0.4, -0.2) is 17.5 Å². The molecule has 0 aliphatic rings. The first-order valence-electron chi connectivity index (χ1n) is 7.30. The smallest absolute Gasteiger partial charge is 0.163 e. The lowest BCUT2D eigenvalue weighted by Gasteiger charge is -2.14. The van der Waals surface area contributed by atoms with Gasteiger partial charge in [0, 0.05) is 18.6 Å². The van der Waals surface area contributed by atoms with Crippen LogP contribution in [-0.2, 0) is 0 Å². The highest BCUT2D eigenvalue weighted by Crippen LogP contribution is 2.34. The van der Waals surface area contributed by atoms with Gasteiger partial charge in [-0.25, -0.2) is 4.39 Å². The van der Waals surface area contributed by atoms with Gasteiger partial charge in [0.1, 0.15) is 17.3 Å². The molecule has 122 valence electrons. The van der Waals surface area contributed by atoms with Crippen molar-refractivity contribution in [2.45, 2.75) is 26.7 Å². The molecule has 2 aromatic rings. The average molecular weight is 381 g/mol. The highest BCUT2D eigenvalue weighted by molar-refractivity contribution is 9.10. The first-order chi connectivity index (χ1) is 10.9. The number of hydrogen-bond acceptors (Lipinski definition) is 3. The van der Waals surface area contributed by atoms with Gasteiger partial charge in [-0.15, -0.1) is 0 Å². The molecule has 23 heavy (non-hydrogen) atoms. The Kier molecular flexibility index (Phi) is 5.91. The molecule has 0 aliphatic heterocycles. The number of ketones is 1. The Hall–Kier alpha value is -1.72. The lowest BCUT2D eigenvalue weighted by molar-refractivity contribution is 0.0971. The molecule has 0 unspecified atom stereocenters. The number of ether oxygens (including phenoxy) is 1. The van der Waals surface area contributed by atoms with Crippen molar-refractivity contribution >= 4 is 21.7 Å². The summed E-state index contributed by atoms with van der Waals surface area (Å²) in [5, 5.41) is 8.79. The number of benzene rings is 2. The van der Waals surface area contributed by atoms with Crippen molar-refractivity contribution in [2.24, 2.45) is 0 Å². The van der Waals surface area contributed by atoms with E-state index in [1.165, 1.54) is 12.1 Å². The van der Waals surface area contributed by atoms with Gasteiger partial charge in [-0.3, -0.25) is 4.79 Å². The zero-order valence-corrected chi connectivity index (χ0v) is 14.6. The molecule has 1 N–H and O–H groups in total. The fourth-order valence-electron chi connectivity index (χ4n) is 2.31. The maximum Gasteiger partial charge on any atom is 0.163 e. The molecule has 0 atom stereocenters. The largest absolute Gasteiger partial charge is 0.456 e. The highest BCUT2D eigenvalue weighted by Gasteiger charge is 2.12. The minimum atomic E-state index is -0.295. The van der Waals surface area contributed by atoms with E-state index in [9.17, 15) is 9.18 Å². The van der Waals surface area contributed by atoms with E-state index in [-0.39, 0.29) is 18.2 Å². The Morgan fingerprint density at radius 3 is 2.43 bits per heavy atom. The van der Waals surface area contributed by atoms with Crippen molar-refractivity contribution in [3.05, 3.63) is 57.3 Å². The van der Waals surface area contributed by atoms with Crippen LogP contribution in [0.2, 0.25) is 0 Å². The van der Waals surface area contributed by atoms with E-state index < -0.39 is 0 Å². The second-order valence-electron chi connectivity index (χ2n) is 5.37. The quantitative estimate of drug-likeness (QED) is 0.720. The molecular weight excluding hydrogens is 363 g/mol. The molecule has 5 heteroatoms. The van der Waals surface area contributed by atoms with Crippen LogP contribution in [0.4, 0.5) is 4.39 Å². The molecule has 3 nitrogen and oxygen atoms in total. The van der Waals surface area contributed by atoms with E-state index in [0.29, 0.717) is 45.5 Å². The number of aryl methyl sites for hydroxylation is 2. The van der Waals surface area contributed by atoms with Gasteiger partial charge >= 0.3 is 0 Å². The Balaban J connectivity index is 2.24. The number of aliphatic hydroxyl groups excluding tert-OH is 1. The summed E-state index contributed by atoms with van der Waals surface area (Å²) < 4.78 is 19.9. The second kappa shape index (κ2) is 7.70. The summed E-state index contributed by atoms with van der Waals surface area (Å²) >= 11 is 3.40. The predicted octanol–water partition coefficient (Wildman–Crippen LogP) is 4.95. The van der Waals surface area contributed by atoms with Gasteiger partial charge in [0.05, 0.1) is 4.47 Å². The summed E-state index contributed by atoms with van der Waals surface area (Å²) in [5.74, 6) is 0.838. The summed E-state index contributed by atoms with van der Waals surface area (Å²) in [5.41, 5.74) is 1.97. The lowest BCUT2D eigenvalue weighted by Crippen LogP contribution is -2.01. The third-order valence-corrected chi connectivity index (χ3v) is 4.07. The topological polar surface area (TPSA) is 46.5 Å². The maximum atomic E-state index is 13.3. The Labute approximate surface area is 143 Å². The SMILES string of the molecule is Cc1cc(F)cc(C)c1Oc1ccc(C(=O)CCCO)cc1Br. The van der Waals surface area contributed by atoms with Crippen LogP contribution in [0.5, 0.6) is 11.5 Å². The van der Waals surface area contributed by atoms with Gasteiger partial charge in [-0.2, -0.15) is 0 Å². The molecule has 0 amide bonds. The van der Waals surface area contributed by atoms with Crippen molar-refractivity contribution < 1.29 is 19.0 Å². The summed E-state index contributed by atoms with van der Waals surface area (Å²) in [7, 11) is 0. The van der Waals surface area contributed by atoms with Crippen molar-refractivity contribution in [3.8, 4) is 11.5 Å². The van der Waals surface area contributed by atoms with Crippen LogP contribution in [0, 0.1) is 19.7 Å². The van der Waals surface area contributed by atoms with E-state index in [0.717, 1.165) is 0 Å². The minimum absolute atomic E-state index is 0.00275. The van der Waals surface area contributed by atoms with Crippen LogP contribution in [0.3, 0.4) is 0 Å². The van der Waals surface area contributed by atoms with Gasteiger partial charge in [0.15, 0.2) is 5.78 Å². The fraction of sp³-hybridized carbons (Fsp3) is 0.278. The monoisotopic (exact) mass is 380 g/mol. The molecule has 0 saturated heterocycles. The normalized spacial score (nSPS) is 10.7. The Bertz CT molecular complexity index is 705. The lowest BCUT2D eigenvalue weighted by atomic mass is 10.1. The van der Waals surface area contributed by atoms with Gasteiger partial charge in [-0.1, -0.05) is 0 Å². The number of halogens is 2. The van der Waals surface area contributed by atoms with Crippen LogP contribution < -0.4 is 4.74 Å². The molecule has 0 heterocycles. The molecular formula is C18H18BrFO3. The Morgan fingerprint density at radius 2 is 1.87 bits per heavy atom. The maximum absolute atomic E-state index is 13.3. The summed E-state index contributed by atoms with van der Waals surface area (Å²) in [4.78, 5) is 12.0. The summed E-state index contributed by atoms with van der Waals surface area (Å²) in [6, 6.07) is 7.93. The minimum Gasteiger partial charge on any atom is -0.456 e. The molecule has 0 spiro atoms. The predicted molar refractivity (Wildman–Crippen MR) is 90.7 cm³/mol. The number of Topliss-reactive ketones (excluding diaryl/α,β-unsaturated/α-hetero) is 1. The zero-order valence-electron chi connectivity index (χ0n) is 13.0. The molecule has 0 bridgehead atoms. The van der Waals surface area contributed by atoms with E-state index in [2.05, 4.69) is 15.9 Å². The van der Waals surface area contributed by atoms with Crippen LogP contribution in [0.1, 0.15) is 34.3 Å². The summed E-state index contributed by atoms with van der Waals surface area (Å²) in [6.45, 7) is 3.56. The third-order valence-electron chi connectivity index (χ3n) is 3.45. The number of carbonyl (C=O) groups is 1. The van der Waals surface area contributed by atoms with E-state index >= 15 is 0 Å². The highest BCUT2D eigenvalue weighted by atomic mass is 79.9. The molecule has 2 rings (SSSR count). The van der Waals surface area contributed by atoms with Gasteiger partial charge < -0.3 is 9.84 Å². The third kappa shape index (κ3) is 4.39. The van der Waals surface area contributed by atoms with Crippen LogP contribution >= 0.6 is 15.9 Å². The molecule has 0 saturated carbocycles. The van der Waals surface area contributed by atoms with Gasteiger partial charge in [0.25, 0.3) is 0 Å². The van der Waals surface area contributed by atoms with Crippen LogP contribution in [0.15, 0.2) is 34.8 Å². The number of hydrogen-bond donors (Lipinski definition) is 1. The molecule has 0 radical (unpaired) electrons. The van der Waals surface area contributed by atoms with E-state index in [1.54, 1.807) is 32.0 Å². The molecule has 0 fully saturated rings. The zero-order chi connectivity index (χ0) is 17.0.